The molecule has 1 saturated carbocycles. The molecule has 2 aliphatic heterocycles. The smallest absolute Gasteiger partial charge is 0.224 e. The number of carbonyl (C=O) groups is 1. The zero-order chi connectivity index (χ0) is 13.1. The van der Waals surface area contributed by atoms with Gasteiger partial charge in [-0.15, -0.1) is 0 Å². The molecule has 2 heterocycles. The van der Waals surface area contributed by atoms with Crippen LogP contribution in [0.2, 0.25) is 0 Å². The first-order valence-corrected chi connectivity index (χ1v) is 8.67. The summed E-state index contributed by atoms with van der Waals surface area (Å²) >= 11 is 1.96. The van der Waals surface area contributed by atoms with E-state index in [1.165, 1.54) is 18.6 Å². The molecular weight excluding hydrogens is 260 g/mol. The molecule has 5 heteroatoms. The first kappa shape index (κ1) is 13.7. The molecule has 3 aliphatic rings. The molecule has 3 fully saturated rings. The van der Waals surface area contributed by atoms with Crippen LogP contribution < -0.4 is 5.32 Å². The van der Waals surface area contributed by atoms with Crippen LogP contribution in [-0.4, -0.2) is 60.7 Å². The van der Waals surface area contributed by atoms with Crippen molar-refractivity contribution in [3.05, 3.63) is 0 Å². The summed E-state index contributed by atoms with van der Waals surface area (Å²) in [5.74, 6) is 3.18. The van der Waals surface area contributed by atoms with E-state index in [4.69, 9.17) is 4.74 Å². The molecule has 108 valence electrons. The Bertz CT molecular complexity index is 311. The fourth-order valence-electron chi connectivity index (χ4n) is 2.93. The second kappa shape index (κ2) is 6.46. The third-order valence-electron chi connectivity index (χ3n) is 4.21. The highest BCUT2D eigenvalue weighted by atomic mass is 32.2. The fraction of sp³-hybridized carbons (Fsp3) is 0.929. The third-order valence-corrected chi connectivity index (χ3v) is 5.34. The van der Waals surface area contributed by atoms with Gasteiger partial charge in [-0.25, -0.2) is 0 Å². The van der Waals surface area contributed by atoms with E-state index in [-0.39, 0.29) is 0 Å². The lowest BCUT2D eigenvalue weighted by Crippen LogP contribution is -2.44. The first-order chi connectivity index (χ1) is 9.33. The van der Waals surface area contributed by atoms with Gasteiger partial charge in [-0.1, -0.05) is 0 Å². The summed E-state index contributed by atoms with van der Waals surface area (Å²) in [5, 5.41) is 3.46. The lowest BCUT2D eigenvalue weighted by molar-refractivity contribution is -0.132. The van der Waals surface area contributed by atoms with Gasteiger partial charge >= 0.3 is 0 Å². The largest absolute Gasteiger partial charge is 0.381 e. The standard InChI is InChI=1S/C14H24N2O2S/c17-14(7-12-10-19-6-4-15-12)16(13-1-2-13)8-11-3-5-18-9-11/h11-13,15H,1-10H2. The molecule has 2 atom stereocenters. The van der Waals surface area contributed by atoms with Crippen LogP contribution in [0.1, 0.15) is 25.7 Å². The second-order valence-corrected chi connectivity index (χ2v) is 7.09. The molecule has 1 N–H and O–H groups in total. The van der Waals surface area contributed by atoms with Crippen LogP contribution in [-0.2, 0) is 9.53 Å². The molecule has 0 radical (unpaired) electrons. The van der Waals surface area contributed by atoms with Gasteiger partial charge in [-0.2, -0.15) is 11.8 Å². The predicted octanol–water partition coefficient (Wildman–Crippen LogP) is 1.11. The van der Waals surface area contributed by atoms with Crippen LogP contribution in [0.4, 0.5) is 0 Å². The molecule has 0 spiro atoms. The van der Waals surface area contributed by atoms with E-state index >= 15 is 0 Å². The van der Waals surface area contributed by atoms with E-state index in [0.29, 0.717) is 30.3 Å². The van der Waals surface area contributed by atoms with Crippen LogP contribution in [0.3, 0.4) is 0 Å². The average molecular weight is 284 g/mol. The molecular formula is C14H24N2O2S. The minimum Gasteiger partial charge on any atom is -0.381 e. The number of hydrogen-bond donors (Lipinski definition) is 1. The van der Waals surface area contributed by atoms with Crippen molar-refractivity contribution in [3.63, 3.8) is 0 Å². The highest BCUT2D eigenvalue weighted by molar-refractivity contribution is 7.99. The van der Waals surface area contributed by atoms with E-state index in [2.05, 4.69) is 10.2 Å². The number of amides is 1. The molecule has 0 aromatic rings. The van der Waals surface area contributed by atoms with Crippen LogP contribution >= 0.6 is 11.8 Å². The molecule has 0 aromatic carbocycles. The maximum Gasteiger partial charge on any atom is 0.224 e. The molecule has 19 heavy (non-hydrogen) atoms. The summed E-state index contributed by atoms with van der Waals surface area (Å²) in [7, 11) is 0. The van der Waals surface area contributed by atoms with Gasteiger partial charge in [0, 0.05) is 55.6 Å². The van der Waals surface area contributed by atoms with Gasteiger partial charge in [0.1, 0.15) is 0 Å². The summed E-state index contributed by atoms with van der Waals surface area (Å²) in [6, 6.07) is 0.914. The highest BCUT2D eigenvalue weighted by Crippen LogP contribution is 2.30. The van der Waals surface area contributed by atoms with Crippen LogP contribution in [0.5, 0.6) is 0 Å². The first-order valence-electron chi connectivity index (χ1n) is 7.51. The van der Waals surface area contributed by atoms with E-state index in [1.54, 1.807) is 0 Å². The van der Waals surface area contributed by atoms with Crippen molar-refractivity contribution < 1.29 is 9.53 Å². The van der Waals surface area contributed by atoms with Gasteiger partial charge in [-0.3, -0.25) is 4.79 Å². The zero-order valence-corrected chi connectivity index (χ0v) is 12.3. The van der Waals surface area contributed by atoms with E-state index in [9.17, 15) is 4.79 Å². The highest BCUT2D eigenvalue weighted by Gasteiger charge is 2.35. The lowest BCUT2D eigenvalue weighted by atomic mass is 10.1. The minimum absolute atomic E-state index is 0.356. The maximum absolute atomic E-state index is 12.5. The van der Waals surface area contributed by atoms with Crippen LogP contribution in [0.15, 0.2) is 0 Å². The van der Waals surface area contributed by atoms with Crippen molar-refractivity contribution in [2.24, 2.45) is 5.92 Å². The number of ether oxygens (including phenoxy) is 1. The van der Waals surface area contributed by atoms with Crippen molar-refractivity contribution in [3.8, 4) is 0 Å². The van der Waals surface area contributed by atoms with Crippen molar-refractivity contribution in [2.45, 2.75) is 37.8 Å². The van der Waals surface area contributed by atoms with Gasteiger partial charge < -0.3 is 15.0 Å². The average Bonchev–Trinajstić information content (AvgIpc) is 3.14. The molecule has 2 unspecified atom stereocenters. The minimum atomic E-state index is 0.356. The molecule has 0 aromatic heterocycles. The normalized spacial score (nSPS) is 31.4. The molecule has 3 rings (SSSR count). The number of carbonyl (C=O) groups excluding carboxylic acids is 1. The Morgan fingerprint density at radius 3 is 2.89 bits per heavy atom. The van der Waals surface area contributed by atoms with Crippen LogP contribution in [0, 0.1) is 5.92 Å². The Morgan fingerprint density at radius 1 is 1.37 bits per heavy atom. The van der Waals surface area contributed by atoms with Crippen LogP contribution in [0.25, 0.3) is 0 Å². The Morgan fingerprint density at radius 2 is 2.26 bits per heavy atom. The summed E-state index contributed by atoms with van der Waals surface area (Å²) in [4.78, 5) is 14.7. The fourth-order valence-corrected chi connectivity index (χ4v) is 3.87. The van der Waals surface area contributed by atoms with Crippen molar-refractivity contribution in [2.75, 3.05) is 37.8 Å². The topological polar surface area (TPSA) is 41.6 Å². The monoisotopic (exact) mass is 284 g/mol. The van der Waals surface area contributed by atoms with Crippen molar-refractivity contribution in [1.82, 2.24) is 10.2 Å². The van der Waals surface area contributed by atoms with Gasteiger partial charge in [0.2, 0.25) is 5.91 Å². The number of thioether (sulfide) groups is 1. The van der Waals surface area contributed by atoms with E-state index < -0.39 is 0 Å². The second-order valence-electron chi connectivity index (χ2n) is 5.94. The molecule has 1 amide bonds. The maximum atomic E-state index is 12.5. The lowest BCUT2D eigenvalue weighted by Gasteiger charge is -2.29. The number of hydrogen-bond acceptors (Lipinski definition) is 4. The summed E-state index contributed by atoms with van der Waals surface area (Å²) < 4.78 is 5.43. The van der Waals surface area contributed by atoms with E-state index in [0.717, 1.165) is 38.5 Å². The van der Waals surface area contributed by atoms with E-state index in [1.807, 2.05) is 11.8 Å². The quantitative estimate of drug-likeness (QED) is 0.821. The van der Waals surface area contributed by atoms with Gasteiger partial charge in [0.15, 0.2) is 0 Å². The summed E-state index contributed by atoms with van der Waals surface area (Å²) in [5.41, 5.74) is 0. The summed E-state index contributed by atoms with van der Waals surface area (Å²) in [6.45, 7) is 3.68. The third kappa shape index (κ3) is 3.86. The Kier molecular flexibility index (Phi) is 4.66. The Labute approximate surface area is 119 Å². The SMILES string of the molecule is O=C(CC1CSCCN1)N(CC1CCOC1)C1CC1. The zero-order valence-electron chi connectivity index (χ0n) is 11.5. The van der Waals surface area contributed by atoms with Crippen molar-refractivity contribution in [1.29, 1.82) is 0 Å². The number of rotatable bonds is 5. The number of nitrogens with zero attached hydrogens (tertiary/aromatic N) is 1. The molecule has 1 aliphatic carbocycles. The summed E-state index contributed by atoms with van der Waals surface area (Å²) in [6.07, 6.45) is 4.20. The van der Waals surface area contributed by atoms with Gasteiger partial charge in [0.25, 0.3) is 0 Å². The molecule has 2 saturated heterocycles. The van der Waals surface area contributed by atoms with Gasteiger partial charge in [0.05, 0.1) is 6.61 Å². The Hall–Kier alpha value is -0.260. The predicted molar refractivity (Wildman–Crippen MR) is 77.4 cm³/mol. The number of nitrogens with one attached hydrogen (secondary N) is 1. The van der Waals surface area contributed by atoms with Crippen molar-refractivity contribution >= 4 is 17.7 Å². The molecule has 0 bridgehead atoms. The van der Waals surface area contributed by atoms with Gasteiger partial charge in [-0.05, 0) is 19.3 Å². The molecule has 4 nitrogen and oxygen atoms in total. The Balaban J connectivity index is 1.51.